The maximum absolute atomic E-state index is 12.5. The van der Waals surface area contributed by atoms with Crippen molar-refractivity contribution in [1.29, 1.82) is 0 Å². The standard InChI is InChI=1S/C22H22N2O4S/c1-16-6-8-18(9-7-16)23-22(25)15-28-20-10-12-21(13-11-20)29(26,27)24-19-5-3-4-17(2)14-19/h3-14,24H,15H2,1-2H3,(H,23,25). The lowest BCUT2D eigenvalue weighted by molar-refractivity contribution is -0.118. The highest BCUT2D eigenvalue weighted by atomic mass is 32.2. The molecule has 0 aromatic heterocycles. The number of hydrogen-bond acceptors (Lipinski definition) is 4. The molecule has 3 rings (SSSR count). The summed E-state index contributed by atoms with van der Waals surface area (Å²) in [5, 5.41) is 2.74. The van der Waals surface area contributed by atoms with Crippen LogP contribution in [0.5, 0.6) is 5.75 Å². The van der Waals surface area contributed by atoms with Crippen molar-refractivity contribution >= 4 is 27.3 Å². The van der Waals surface area contributed by atoms with Gasteiger partial charge in [-0.15, -0.1) is 0 Å². The smallest absolute Gasteiger partial charge is 0.262 e. The fraction of sp³-hybridized carbons (Fsp3) is 0.136. The van der Waals surface area contributed by atoms with E-state index in [2.05, 4.69) is 10.0 Å². The number of anilines is 2. The molecule has 3 aromatic rings. The van der Waals surface area contributed by atoms with Crippen molar-refractivity contribution in [2.45, 2.75) is 18.7 Å². The average Bonchev–Trinajstić information content (AvgIpc) is 2.68. The Labute approximate surface area is 170 Å². The summed E-state index contributed by atoms with van der Waals surface area (Å²) in [7, 11) is -3.71. The molecule has 0 aliphatic heterocycles. The van der Waals surface area contributed by atoms with Gasteiger partial charge in [0.15, 0.2) is 6.61 Å². The van der Waals surface area contributed by atoms with E-state index in [1.165, 1.54) is 24.3 Å². The van der Waals surface area contributed by atoms with Gasteiger partial charge in [-0.3, -0.25) is 9.52 Å². The number of carbonyl (C=O) groups excluding carboxylic acids is 1. The second-order valence-electron chi connectivity index (χ2n) is 6.65. The van der Waals surface area contributed by atoms with Gasteiger partial charge in [-0.05, 0) is 67.9 Å². The molecule has 6 nitrogen and oxygen atoms in total. The molecule has 7 heteroatoms. The van der Waals surface area contributed by atoms with Gasteiger partial charge in [0, 0.05) is 11.4 Å². The Balaban J connectivity index is 1.58. The first-order chi connectivity index (χ1) is 13.8. The first-order valence-corrected chi connectivity index (χ1v) is 10.5. The van der Waals surface area contributed by atoms with Gasteiger partial charge in [-0.2, -0.15) is 0 Å². The highest BCUT2D eigenvalue weighted by Gasteiger charge is 2.14. The quantitative estimate of drug-likeness (QED) is 0.614. The Morgan fingerprint density at radius 2 is 1.55 bits per heavy atom. The van der Waals surface area contributed by atoms with E-state index in [1.54, 1.807) is 18.2 Å². The molecule has 0 heterocycles. The summed E-state index contributed by atoms with van der Waals surface area (Å²) in [4.78, 5) is 12.1. The van der Waals surface area contributed by atoms with Crippen LogP contribution in [-0.4, -0.2) is 20.9 Å². The predicted octanol–water partition coefficient (Wildman–Crippen LogP) is 4.12. The van der Waals surface area contributed by atoms with Crippen LogP contribution in [-0.2, 0) is 14.8 Å². The van der Waals surface area contributed by atoms with Gasteiger partial charge in [0.25, 0.3) is 15.9 Å². The zero-order valence-corrected chi connectivity index (χ0v) is 17.0. The molecule has 150 valence electrons. The number of sulfonamides is 1. The average molecular weight is 410 g/mol. The van der Waals surface area contributed by atoms with E-state index in [-0.39, 0.29) is 17.4 Å². The van der Waals surface area contributed by atoms with Gasteiger partial charge < -0.3 is 10.1 Å². The largest absolute Gasteiger partial charge is 0.484 e. The van der Waals surface area contributed by atoms with E-state index in [1.807, 2.05) is 44.2 Å². The van der Waals surface area contributed by atoms with Gasteiger partial charge >= 0.3 is 0 Å². The number of amides is 1. The van der Waals surface area contributed by atoms with Crippen LogP contribution < -0.4 is 14.8 Å². The fourth-order valence-corrected chi connectivity index (χ4v) is 3.67. The minimum atomic E-state index is -3.71. The van der Waals surface area contributed by atoms with E-state index < -0.39 is 10.0 Å². The van der Waals surface area contributed by atoms with Crippen LogP contribution in [0, 0.1) is 13.8 Å². The van der Waals surface area contributed by atoms with E-state index in [0.717, 1.165) is 11.1 Å². The highest BCUT2D eigenvalue weighted by Crippen LogP contribution is 2.20. The SMILES string of the molecule is Cc1ccc(NC(=O)COc2ccc(S(=O)(=O)Nc3cccc(C)c3)cc2)cc1. The summed E-state index contributed by atoms with van der Waals surface area (Å²) in [5.41, 5.74) is 3.25. The summed E-state index contributed by atoms with van der Waals surface area (Å²) in [5.74, 6) is 0.102. The zero-order chi connectivity index (χ0) is 20.9. The van der Waals surface area contributed by atoms with Crippen LogP contribution in [0.1, 0.15) is 11.1 Å². The van der Waals surface area contributed by atoms with Gasteiger partial charge in [-0.1, -0.05) is 29.8 Å². The molecule has 0 saturated carbocycles. The number of carbonyl (C=O) groups is 1. The van der Waals surface area contributed by atoms with E-state index >= 15 is 0 Å². The minimum Gasteiger partial charge on any atom is -0.484 e. The van der Waals surface area contributed by atoms with Crippen LogP contribution in [0.15, 0.2) is 77.7 Å². The lowest BCUT2D eigenvalue weighted by Crippen LogP contribution is -2.20. The van der Waals surface area contributed by atoms with Crippen molar-refractivity contribution < 1.29 is 17.9 Å². The van der Waals surface area contributed by atoms with E-state index in [9.17, 15) is 13.2 Å². The molecule has 1 amide bonds. The number of ether oxygens (including phenoxy) is 1. The molecule has 0 saturated heterocycles. The Bertz CT molecular complexity index is 1090. The Kier molecular flexibility index (Phi) is 6.19. The molecule has 0 spiro atoms. The monoisotopic (exact) mass is 410 g/mol. The summed E-state index contributed by atoms with van der Waals surface area (Å²) in [6.07, 6.45) is 0. The number of nitrogens with one attached hydrogen (secondary N) is 2. The molecular formula is C22H22N2O4S. The molecule has 0 bridgehead atoms. The number of aryl methyl sites for hydroxylation is 2. The molecular weight excluding hydrogens is 388 g/mol. The lowest BCUT2D eigenvalue weighted by Gasteiger charge is -2.10. The lowest BCUT2D eigenvalue weighted by atomic mass is 10.2. The number of rotatable bonds is 7. The van der Waals surface area contributed by atoms with Crippen LogP contribution in [0.4, 0.5) is 11.4 Å². The maximum Gasteiger partial charge on any atom is 0.262 e. The van der Waals surface area contributed by atoms with Gasteiger partial charge in [0.05, 0.1) is 4.90 Å². The second kappa shape index (κ2) is 8.79. The number of benzene rings is 3. The highest BCUT2D eigenvalue weighted by molar-refractivity contribution is 7.92. The van der Waals surface area contributed by atoms with Crippen LogP contribution in [0.2, 0.25) is 0 Å². The third kappa shape index (κ3) is 5.83. The van der Waals surface area contributed by atoms with Crippen molar-refractivity contribution in [3.63, 3.8) is 0 Å². The molecule has 3 aromatic carbocycles. The van der Waals surface area contributed by atoms with Gasteiger partial charge in [0.2, 0.25) is 0 Å². The topological polar surface area (TPSA) is 84.5 Å². The first kappa shape index (κ1) is 20.4. The third-order valence-corrected chi connectivity index (χ3v) is 5.51. The van der Waals surface area contributed by atoms with E-state index in [4.69, 9.17) is 4.74 Å². The second-order valence-corrected chi connectivity index (χ2v) is 8.33. The number of hydrogen-bond donors (Lipinski definition) is 2. The summed E-state index contributed by atoms with van der Waals surface area (Å²) >= 11 is 0. The molecule has 0 radical (unpaired) electrons. The zero-order valence-electron chi connectivity index (χ0n) is 16.2. The molecule has 0 aliphatic rings. The van der Waals surface area contributed by atoms with Crippen molar-refractivity contribution in [2.75, 3.05) is 16.6 Å². The van der Waals surface area contributed by atoms with Gasteiger partial charge in [0.1, 0.15) is 5.75 Å². The Morgan fingerprint density at radius 1 is 0.862 bits per heavy atom. The molecule has 0 atom stereocenters. The van der Waals surface area contributed by atoms with Crippen molar-refractivity contribution in [3.05, 3.63) is 83.9 Å². The summed E-state index contributed by atoms with van der Waals surface area (Å²) in [6, 6.07) is 20.5. The van der Waals surface area contributed by atoms with Crippen molar-refractivity contribution in [2.24, 2.45) is 0 Å². The predicted molar refractivity (Wildman–Crippen MR) is 114 cm³/mol. The van der Waals surface area contributed by atoms with Crippen LogP contribution >= 0.6 is 0 Å². The molecule has 29 heavy (non-hydrogen) atoms. The fourth-order valence-electron chi connectivity index (χ4n) is 2.62. The third-order valence-electron chi connectivity index (χ3n) is 4.11. The Morgan fingerprint density at radius 3 is 2.21 bits per heavy atom. The molecule has 0 fully saturated rings. The molecule has 0 unspecified atom stereocenters. The molecule has 0 aliphatic carbocycles. The van der Waals surface area contributed by atoms with Crippen LogP contribution in [0.3, 0.4) is 0 Å². The Hall–Kier alpha value is -3.32. The summed E-state index contributed by atoms with van der Waals surface area (Å²) < 4.78 is 33.0. The minimum absolute atomic E-state index is 0.107. The van der Waals surface area contributed by atoms with E-state index in [0.29, 0.717) is 17.1 Å². The normalized spacial score (nSPS) is 11.0. The first-order valence-electron chi connectivity index (χ1n) is 9.01. The van der Waals surface area contributed by atoms with Crippen LogP contribution in [0.25, 0.3) is 0 Å². The van der Waals surface area contributed by atoms with Crippen molar-refractivity contribution in [1.82, 2.24) is 0 Å². The summed E-state index contributed by atoms with van der Waals surface area (Å²) in [6.45, 7) is 3.68. The van der Waals surface area contributed by atoms with Crippen molar-refractivity contribution in [3.8, 4) is 5.75 Å². The molecule has 2 N–H and O–H groups in total. The van der Waals surface area contributed by atoms with Gasteiger partial charge in [-0.25, -0.2) is 8.42 Å². The maximum atomic E-state index is 12.5.